The first kappa shape index (κ1) is 11.4. The van der Waals surface area contributed by atoms with Crippen LogP contribution in [0, 0.1) is 5.82 Å². The van der Waals surface area contributed by atoms with Crippen molar-refractivity contribution >= 4 is 15.9 Å². The second kappa shape index (κ2) is 4.80. The van der Waals surface area contributed by atoms with Gasteiger partial charge in [-0.25, -0.2) is 4.39 Å². The topological polar surface area (TPSA) is 25.2 Å². The van der Waals surface area contributed by atoms with Crippen LogP contribution in [0.3, 0.4) is 0 Å². The Morgan fingerprint density at radius 2 is 2.06 bits per heavy atom. The normalized spacial score (nSPS) is 10.7. The van der Waals surface area contributed by atoms with E-state index in [2.05, 4.69) is 15.9 Å². The van der Waals surface area contributed by atoms with E-state index in [1.165, 1.54) is 12.1 Å². The molecule has 0 spiro atoms. The summed E-state index contributed by atoms with van der Waals surface area (Å²) in [6, 6.07) is 6.65. The zero-order valence-corrected chi connectivity index (χ0v) is 10.1. The van der Waals surface area contributed by atoms with E-state index in [1.807, 2.05) is 29.1 Å². The number of aliphatic hydroxyl groups excluding tert-OH is 1. The minimum atomic E-state index is -0.251. The third kappa shape index (κ3) is 2.71. The molecule has 2 aromatic rings. The predicted octanol–water partition coefficient (Wildman–Crippen LogP) is 2.93. The summed E-state index contributed by atoms with van der Waals surface area (Å²) in [5.74, 6) is -0.251. The molecule has 16 heavy (non-hydrogen) atoms. The smallest absolute Gasteiger partial charge is 0.124 e. The fourth-order valence-corrected chi connectivity index (χ4v) is 2.11. The molecule has 0 aliphatic rings. The van der Waals surface area contributed by atoms with Gasteiger partial charge in [-0.2, -0.15) is 0 Å². The van der Waals surface area contributed by atoms with Crippen LogP contribution in [0.4, 0.5) is 4.39 Å². The molecule has 0 unspecified atom stereocenters. The molecule has 1 N–H and O–H groups in total. The van der Waals surface area contributed by atoms with Crippen molar-refractivity contribution in [3.05, 3.63) is 58.1 Å². The molecule has 2 rings (SSSR count). The highest BCUT2D eigenvalue weighted by Crippen LogP contribution is 2.16. The molecule has 0 radical (unpaired) electrons. The van der Waals surface area contributed by atoms with Gasteiger partial charge in [0.1, 0.15) is 5.82 Å². The van der Waals surface area contributed by atoms with Gasteiger partial charge in [-0.1, -0.05) is 15.9 Å². The minimum absolute atomic E-state index is 0.0276. The fraction of sp³-hybridized carbons (Fsp3) is 0.167. The number of halogens is 2. The van der Waals surface area contributed by atoms with Gasteiger partial charge in [-0.05, 0) is 35.4 Å². The van der Waals surface area contributed by atoms with E-state index in [9.17, 15) is 4.39 Å². The lowest BCUT2D eigenvalue weighted by Gasteiger charge is -2.04. The Bertz CT molecular complexity index is 475. The highest BCUT2D eigenvalue weighted by Gasteiger charge is 2.01. The van der Waals surface area contributed by atoms with Crippen molar-refractivity contribution in [1.29, 1.82) is 0 Å². The van der Waals surface area contributed by atoms with E-state index < -0.39 is 0 Å². The van der Waals surface area contributed by atoms with Gasteiger partial charge < -0.3 is 9.67 Å². The van der Waals surface area contributed by atoms with Crippen LogP contribution in [0.15, 0.2) is 41.1 Å². The van der Waals surface area contributed by atoms with Crippen LogP contribution < -0.4 is 0 Å². The van der Waals surface area contributed by atoms with Gasteiger partial charge in [0, 0.05) is 23.4 Å². The van der Waals surface area contributed by atoms with E-state index in [1.54, 1.807) is 0 Å². The van der Waals surface area contributed by atoms with Crippen molar-refractivity contribution in [1.82, 2.24) is 4.57 Å². The molecule has 0 aliphatic carbocycles. The zero-order valence-electron chi connectivity index (χ0n) is 8.53. The van der Waals surface area contributed by atoms with E-state index in [-0.39, 0.29) is 12.4 Å². The summed E-state index contributed by atoms with van der Waals surface area (Å²) >= 11 is 3.26. The monoisotopic (exact) mass is 283 g/mol. The summed E-state index contributed by atoms with van der Waals surface area (Å²) in [4.78, 5) is 0. The average molecular weight is 284 g/mol. The van der Waals surface area contributed by atoms with Gasteiger partial charge in [0.2, 0.25) is 0 Å². The van der Waals surface area contributed by atoms with Crippen LogP contribution >= 0.6 is 15.9 Å². The van der Waals surface area contributed by atoms with Gasteiger partial charge in [0.25, 0.3) is 0 Å². The first-order valence-corrected chi connectivity index (χ1v) is 5.67. The minimum Gasteiger partial charge on any atom is -0.392 e. The highest BCUT2D eigenvalue weighted by atomic mass is 79.9. The number of hydrogen-bond acceptors (Lipinski definition) is 1. The summed E-state index contributed by atoms with van der Waals surface area (Å²) in [5, 5.41) is 8.92. The molecule has 0 atom stereocenters. The number of aliphatic hydroxyl groups is 1. The Hall–Kier alpha value is -1.13. The quantitative estimate of drug-likeness (QED) is 0.921. The maximum Gasteiger partial charge on any atom is 0.124 e. The fourth-order valence-electron chi connectivity index (χ4n) is 1.60. The van der Waals surface area contributed by atoms with E-state index >= 15 is 0 Å². The molecule has 0 saturated heterocycles. The van der Waals surface area contributed by atoms with Crippen molar-refractivity contribution in [3.8, 4) is 0 Å². The second-order valence-corrected chi connectivity index (χ2v) is 4.54. The second-order valence-electron chi connectivity index (χ2n) is 3.63. The third-order valence-electron chi connectivity index (χ3n) is 2.28. The Balaban J connectivity index is 2.19. The Labute approximate surface area is 101 Å². The molecule has 2 nitrogen and oxygen atoms in total. The number of nitrogens with zero attached hydrogens (tertiary/aromatic N) is 1. The molecule has 0 aliphatic heterocycles. The summed E-state index contributed by atoms with van der Waals surface area (Å²) in [5.41, 5.74) is 1.74. The molecular weight excluding hydrogens is 273 g/mol. The average Bonchev–Trinajstić information content (AvgIpc) is 2.64. The van der Waals surface area contributed by atoms with Gasteiger partial charge in [-0.15, -0.1) is 0 Å². The van der Waals surface area contributed by atoms with Crippen molar-refractivity contribution in [2.45, 2.75) is 13.2 Å². The van der Waals surface area contributed by atoms with Crippen LogP contribution in [-0.2, 0) is 13.2 Å². The van der Waals surface area contributed by atoms with Crippen LogP contribution in [0.1, 0.15) is 11.1 Å². The first-order chi connectivity index (χ1) is 7.67. The lowest BCUT2D eigenvalue weighted by molar-refractivity contribution is 0.282. The van der Waals surface area contributed by atoms with E-state index in [0.717, 1.165) is 15.6 Å². The molecule has 0 bridgehead atoms. The van der Waals surface area contributed by atoms with Gasteiger partial charge >= 0.3 is 0 Å². The standard InChI is InChI=1S/C12H11BrFNO/c13-11-3-10(4-12(14)5-11)7-15-2-1-9(6-15)8-16/h1-6,16H,7-8H2. The molecule has 4 heteroatoms. The summed E-state index contributed by atoms with van der Waals surface area (Å²) in [7, 11) is 0. The summed E-state index contributed by atoms with van der Waals surface area (Å²) in [6.07, 6.45) is 3.71. The number of rotatable bonds is 3. The molecule has 84 valence electrons. The molecule has 0 saturated carbocycles. The van der Waals surface area contributed by atoms with Gasteiger partial charge in [0.15, 0.2) is 0 Å². The molecule has 1 aromatic carbocycles. The van der Waals surface area contributed by atoms with Crippen LogP contribution in [0.2, 0.25) is 0 Å². The van der Waals surface area contributed by atoms with Crippen LogP contribution in [0.5, 0.6) is 0 Å². The van der Waals surface area contributed by atoms with Crippen LogP contribution in [-0.4, -0.2) is 9.67 Å². The van der Waals surface area contributed by atoms with E-state index in [0.29, 0.717) is 6.54 Å². The largest absolute Gasteiger partial charge is 0.392 e. The molecule has 0 fully saturated rings. The van der Waals surface area contributed by atoms with Gasteiger partial charge in [0.05, 0.1) is 6.61 Å². The molecule has 1 heterocycles. The number of hydrogen-bond donors (Lipinski definition) is 1. The van der Waals surface area contributed by atoms with Gasteiger partial charge in [-0.3, -0.25) is 0 Å². The molecular formula is C12H11BrFNO. The van der Waals surface area contributed by atoms with Crippen molar-refractivity contribution in [2.24, 2.45) is 0 Å². The maximum absolute atomic E-state index is 13.1. The summed E-state index contributed by atoms with van der Waals surface area (Å²) in [6.45, 7) is 0.621. The first-order valence-electron chi connectivity index (χ1n) is 4.88. The molecule has 0 amide bonds. The lowest BCUT2D eigenvalue weighted by atomic mass is 10.2. The number of benzene rings is 1. The number of aromatic nitrogens is 1. The van der Waals surface area contributed by atoms with E-state index in [4.69, 9.17) is 5.11 Å². The SMILES string of the molecule is OCc1ccn(Cc2cc(F)cc(Br)c2)c1. The Morgan fingerprint density at radius 3 is 2.69 bits per heavy atom. The summed E-state index contributed by atoms with van der Waals surface area (Å²) < 4.78 is 15.8. The Morgan fingerprint density at radius 1 is 1.25 bits per heavy atom. The Kier molecular flexibility index (Phi) is 3.41. The molecule has 1 aromatic heterocycles. The van der Waals surface area contributed by atoms with Crippen molar-refractivity contribution in [2.75, 3.05) is 0 Å². The van der Waals surface area contributed by atoms with Crippen molar-refractivity contribution < 1.29 is 9.50 Å². The van der Waals surface area contributed by atoms with Crippen LogP contribution in [0.25, 0.3) is 0 Å². The maximum atomic E-state index is 13.1. The third-order valence-corrected chi connectivity index (χ3v) is 2.74. The lowest BCUT2D eigenvalue weighted by Crippen LogP contribution is -1.97. The highest BCUT2D eigenvalue weighted by molar-refractivity contribution is 9.10. The predicted molar refractivity (Wildman–Crippen MR) is 63.6 cm³/mol. The zero-order chi connectivity index (χ0) is 11.5. The van der Waals surface area contributed by atoms with Crippen molar-refractivity contribution in [3.63, 3.8) is 0 Å².